The van der Waals surface area contributed by atoms with Crippen LogP contribution in [0.5, 0.6) is 0 Å². The van der Waals surface area contributed by atoms with Gasteiger partial charge in [-0.25, -0.2) is 0 Å². The predicted octanol–water partition coefficient (Wildman–Crippen LogP) is 2.16. The summed E-state index contributed by atoms with van der Waals surface area (Å²) in [7, 11) is 6.18. The molecule has 1 aromatic carbocycles. The van der Waals surface area contributed by atoms with Crippen LogP contribution in [0.2, 0.25) is 0 Å². The van der Waals surface area contributed by atoms with Gasteiger partial charge < -0.3 is 25.2 Å². The molecule has 3 rings (SSSR count). The number of rotatable bonds is 5. The molecule has 2 N–H and O–H groups in total. The van der Waals surface area contributed by atoms with E-state index in [1.54, 1.807) is 0 Å². The number of halogens is 1. The Balaban J connectivity index is 0.00000261. The third-order valence-electron chi connectivity index (χ3n) is 5.83. The van der Waals surface area contributed by atoms with Crippen molar-refractivity contribution >= 4 is 35.6 Å². The first kappa shape index (κ1) is 22.2. The molecule has 2 heterocycles. The van der Waals surface area contributed by atoms with Crippen LogP contribution in [0.1, 0.15) is 19.3 Å². The fourth-order valence-electron chi connectivity index (χ4n) is 3.92. The van der Waals surface area contributed by atoms with Gasteiger partial charge >= 0.3 is 0 Å². The van der Waals surface area contributed by atoms with Crippen molar-refractivity contribution in [2.45, 2.75) is 30.8 Å². The van der Waals surface area contributed by atoms with Crippen LogP contribution in [0.4, 0.5) is 5.69 Å². The minimum atomic E-state index is 0. The Kier molecular flexibility index (Phi) is 8.62. The first-order valence-electron chi connectivity index (χ1n) is 9.65. The van der Waals surface area contributed by atoms with E-state index in [1.165, 1.54) is 5.69 Å². The summed E-state index contributed by atoms with van der Waals surface area (Å²) in [6, 6.07) is 11.1. The number of likely N-dealkylation sites (N-methyl/N-ethyl adjacent to an activating group) is 1. The monoisotopic (exact) mass is 487 g/mol. The van der Waals surface area contributed by atoms with Crippen molar-refractivity contribution in [3.8, 4) is 0 Å². The number of ether oxygens (including phenoxy) is 1. The van der Waals surface area contributed by atoms with Gasteiger partial charge in [0.15, 0.2) is 5.96 Å². The van der Waals surface area contributed by atoms with Crippen molar-refractivity contribution < 1.29 is 4.74 Å². The maximum atomic E-state index is 5.56. The smallest absolute Gasteiger partial charge is 0.191 e. The van der Waals surface area contributed by atoms with Gasteiger partial charge in [0.25, 0.3) is 0 Å². The van der Waals surface area contributed by atoms with Crippen LogP contribution in [-0.2, 0) is 4.74 Å². The van der Waals surface area contributed by atoms with Gasteiger partial charge in [0.1, 0.15) is 0 Å². The highest BCUT2D eigenvalue weighted by Crippen LogP contribution is 2.25. The Morgan fingerprint density at radius 3 is 2.59 bits per heavy atom. The summed E-state index contributed by atoms with van der Waals surface area (Å²) in [6.45, 7) is 4.65. The van der Waals surface area contributed by atoms with E-state index >= 15 is 0 Å². The number of para-hydroxylation sites is 1. The van der Waals surface area contributed by atoms with Gasteiger partial charge in [-0.15, -0.1) is 24.0 Å². The molecule has 6 nitrogen and oxygen atoms in total. The molecule has 0 bridgehead atoms. The molecule has 1 unspecified atom stereocenters. The lowest BCUT2D eigenvalue weighted by molar-refractivity contribution is -0.00502. The van der Waals surface area contributed by atoms with Crippen LogP contribution in [0, 0.1) is 0 Å². The van der Waals surface area contributed by atoms with Gasteiger partial charge in [0.05, 0.1) is 0 Å². The summed E-state index contributed by atoms with van der Waals surface area (Å²) in [6.07, 6.45) is 3.23. The number of aliphatic imine (C=N–C) groups is 1. The molecule has 1 aromatic rings. The molecule has 0 aliphatic carbocycles. The molecule has 2 aliphatic heterocycles. The van der Waals surface area contributed by atoms with Crippen LogP contribution >= 0.6 is 24.0 Å². The average Bonchev–Trinajstić information content (AvgIpc) is 3.15. The van der Waals surface area contributed by atoms with E-state index < -0.39 is 0 Å². The third kappa shape index (κ3) is 5.71. The van der Waals surface area contributed by atoms with Gasteiger partial charge in [-0.3, -0.25) is 4.99 Å². The highest BCUT2D eigenvalue weighted by Gasteiger charge is 2.35. The van der Waals surface area contributed by atoms with Crippen molar-refractivity contribution in [2.75, 3.05) is 58.9 Å². The second kappa shape index (κ2) is 10.5. The summed E-state index contributed by atoms with van der Waals surface area (Å²) < 4.78 is 5.56. The van der Waals surface area contributed by atoms with Crippen LogP contribution in [0.25, 0.3) is 0 Å². The van der Waals surface area contributed by atoms with E-state index in [0.717, 1.165) is 58.1 Å². The maximum Gasteiger partial charge on any atom is 0.191 e. The van der Waals surface area contributed by atoms with Gasteiger partial charge in [-0.2, -0.15) is 0 Å². The first-order valence-corrected chi connectivity index (χ1v) is 9.65. The maximum absolute atomic E-state index is 5.56. The number of hydrogen-bond acceptors (Lipinski definition) is 4. The Morgan fingerprint density at radius 2 is 1.96 bits per heavy atom. The Bertz CT molecular complexity index is 589. The molecule has 0 aromatic heterocycles. The zero-order chi connectivity index (χ0) is 18.4. The Hall–Kier alpha value is -1.06. The summed E-state index contributed by atoms with van der Waals surface area (Å²) >= 11 is 0. The number of benzene rings is 1. The lowest BCUT2D eigenvalue weighted by Gasteiger charge is -2.43. The van der Waals surface area contributed by atoms with E-state index in [9.17, 15) is 0 Å². The third-order valence-corrected chi connectivity index (χ3v) is 5.83. The van der Waals surface area contributed by atoms with Crippen molar-refractivity contribution in [1.82, 2.24) is 15.5 Å². The molecule has 2 fully saturated rings. The van der Waals surface area contributed by atoms with Crippen molar-refractivity contribution in [3.05, 3.63) is 30.3 Å². The Labute approximate surface area is 180 Å². The van der Waals surface area contributed by atoms with Crippen LogP contribution in [-0.4, -0.2) is 76.4 Å². The number of hydrogen-bond donors (Lipinski definition) is 2. The van der Waals surface area contributed by atoms with Crippen LogP contribution < -0.4 is 15.5 Å². The molecule has 2 aliphatic rings. The molecule has 1 atom stereocenters. The zero-order valence-electron chi connectivity index (χ0n) is 16.8. The molecule has 2 saturated heterocycles. The van der Waals surface area contributed by atoms with Crippen molar-refractivity contribution in [3.63, 3.8) is 0 Å². The SMILES string of the molecule is CN=C(NCC1(N(C)C)CCOCC1)NC1CCN(c2ccccc2)C1.I. The standard InChI is InChI=1S/C20H33N5O.HI/c1-21-19(22-16-20(24(2)3)10-13-26-14-11-20)23-17-9-12-25(15-17)18-7-5-4-6-8-18;/h4-8,17H,9-16H2,1-3H3,(H2,21,22,23);1H. The zero-order valence-corrected chi connectivity index (χ0v) is 19.1. The Morgan fingerprint density at radius 1 is 1.26 bits per heavy atom. The van der Waals surface area contributed by atoms with E-state index in [1.807, 2.05) is 7.05 Å². The largest absolute Gasteiger partial charge is 0.381 e. The average molecular weight is 487 g/mol. The molecule has 0 radical (unpaired) electrons. The topological polar surface area (TPSA) is 52.1 Å². The highest BCUT2D eigenvalue weighted by atomic mass is 127. The fraction of sp³-hybridized carbons (Fsp3) is 0.650. The van der Waals surface area contributed by atoms with Gasteiger partial charge in [0.2, 0.25) is 0 Å². The van der Waals surface area contributed by atoms with Crippen LogP contribution in [0.3, 0.4) is 0 Å². The number of guanidine groups is 1. The molecule has 7 heteroatoms. The van der Waals surface area contributed by atoms with Gasteiger partial charge in [-0.1, -0.05) is 18.2 Å². The van der Waals surface area contributed by atoms with E-state index in [2.05, 4.69) is 69.9 Å². The summed E-state index contributed by atoms with van der Waals surface area (Å²) in [5, 5.41) is 7.17. The molecular weight excluding hydrogens is 453 g/mol. The number of anilines is 1. The quantitative estimate of drug-likeness (QED) is 0.379. The highest BCUT2D eigenvalue weighted by molar-refractivity contribution is 14.0. The second-order valence-electron chi connectivity index (χ2n) is 7.57. The molecule has 0 saturated carbocycles. The molecule has 27 heavy (non-hydrogen) atoms. The molecule has 152 valence electrons. The number of nitrogens with one attached hydrogen (secondary N) is 2. The first-order chi connectivity index (χ1) is 12.6. The fourth-order valence-corrected chi connectivity index (χ4v) is 3.92. The van der Waals surface area contributed by atoms with E-state index in [-0.39, 0.29) is 29.5 Å². The van der Waals surface area contributed by atoms with Crippen molar-refractivity contribution in [1.29, 1.82) is 0 Å². The minimum Gasteiger partial charge on any atom is -0.381 e. The predicted molar refractivity (Wildman–Crippen MR) is 123 cm³/mol. The number of nitrogens with zero attached hydrogens (tertiary/aromatic N) is 3. The van der Waals surface area contributed by atoms with Crippen LogP contribution in [0.15, 0.2) is 35.3 Å². The van der Waals surface area contributed by atoms with E-state index in [0.29, 0.717) is 6.04 Å². The van der Waals surface area contributed by atoms with Crippen molar-refractivity contribution in [2.24, 2.45) is 4.99 Å². The summed E-state index contributed by atoms with van der Waals surface area (Å²) in [4.78, 5) is 9.22. The summed E-state index contributed by atoms with van der Waals surface area (Å²) in [5.74, 6) is 0.901. The summed E-state index contributed by atoms with van der Waals surface area (Å²) in [5.41, 5.74) is 1.44. The molecular formula is C20H34IN5O. The minimum absolute atomic E-state index is 0. The van der Waals surface area contributed by atoms with Gasteiger partial charge in [0, 0.05) is 57.2 Å². The molecule has 0 amide bonds. The normalized spacial score (nSPS) is 22.4. The van der Waals surface area contributed by atoms with Gasteiger partial charge in [-0.05, 0) is 45.5 Å². The van der Waals surface area contributed by atoms with E-state index in [4.69, 9.17) is 4.74 Å². The molecule has 0 spiro atoms. The lowest BCUT2D eigenvalue weighted by atomic mass is 9.88. The lowest BCUT2D eigenvalue weighted by Crippen LogP contribution is -2.57. The second-order valence-corrected chi connectivity index (χ2v) is 7.57.